The van der Waals surface area contributed by atoms with E-state index in [1.165, 1.54) is 23.5 Å². The number of rotatable bonds is 4. The summed E-state index contributed by atoms with van der Waals surface area (Å²) in [6, 6.07) is 15.6. The molecule has 1 aromatic heterocycles. The minimum atomic E-state index is -3.81. The quantitative estimate of drug-likeness (QED) is 0.683. The Balaban J connectivity index is 1.56. The summed E-state index contributed by atoms with van der Waals surface area (Å²) >= 11 is 1.37. The van der Waals surface area contributed by atoms with Crippen molar-refractivity contribution in [3.8, 4) is 0 Å². The Kier molecular flexibility index (Phi) is 4.88. The second-order valence-corrected chi connectivity index (χ2v) is 9.34. The van der Waals surface area contributed by atoms with Crippen LogP contribution in [0.5, 0.6) is 0 Å². The molecule has 0 bridgehead atoms. The maximum absolute atomic E-state index is 12.8. The monoisotopic (exact) mass is 415 g/mol. The van der Waals surface area contributed by atoms with Gasteiger partial charge in [0.05, 0.1) is 16.3 Å². The van der Waals surface area contributed by atoms with Crippen LogP contribution in [-0.2, 0) is 14.8 Å². The van der Waals surface area contributed by atoms with Crippen LogP contribution in [-0.4, -0.2) is 44.2 Å². The minimum Gasteiger partial charge on any atom is -0.354 e. The third kappa shape index (κ3) is 3.64. The van der Waals surface area contributed by atoms with E-state index in [2.05, 4.69) is 10.6 Å². The van der Waals surface area contributed by atoms with Gasteiger partial charge in [-0.25, -0.2) is 8.42 Å². The number of carbonyl (C=O) groups excluding carboxylic acids is 2. The average molecular weight is 415 g/mol. The second-order valence-electron chi connectivity index (χ2n) is 6.32. The number of nitrogens with zero attached hydrogens (tertiary/aromatic N) is 1. The maximum atomic E-state index is 12.8. The summed E-state index contributed by atoms with van der Waals surface area (Å²) < 4.78 is 27.7. The van der Waals surface area contributed by atoms with Gasteiger partial charge in [0.25, 0.3) is 5.91 Å². The topological polar surface area (TPSA) is 95.6 Å². The fraction of sp³-hybridized carbons (Fsp3) is 0.158. The molecule has 0 aliphatic carbocycles. The second kappa shape index (κ2) is 7.34. The van der Waals surface area contributed by atoms with Gasteiger partial charge in [-0.05, 0) is 35.7 Å². The van der Waals surface area contributed by atoms with Crippen LogP contribution < -0.4 is 10.6 Å². The van der Waals surface area contributed by atoms with Crippen molar-refractivity contribution in [2.24, 2.45) is 0 Å². The molecule has 4 rings (SSSR count). The van der Waals surface area contributed by atoms with Crippen LogP contribution in [0.15, 0.2) is 59.5 Å². The number of benzene rings is 2. The first-order valence-electron chi connectivity index (χ1n) is 8.60. The van der Waals surface area contributed by atoms with E-state index in [0.717, 1.165) is 14.4 Å². The van der Waals surface area contributed by atoms with Gasteiger partial charge in [-0.2, -0.15) is 4.31 Å². The van der Waals surface area contributed by atoms with Gasteiger partial charge < -0.3 is 10.6 Å². The van der Waals surface area contributed by atoms with E-state index in [4.69, 9.17) is 0 Å². The number of hydrogen-bond donors (Lipinski definition) is 2. The lowest BCUT2D eigenvalue weighted by molar-refractivity contribution is -0.122. The molecule has 144 valence electrons. The van der Waals surface area contributed by atoms with Crippen LogP contribution in [0.3, 0.4) is 0 Å². The molecule has 0 spiro atoms. The predicted molar refractivity (Wildman–Crippen MR) is 108 cm³/mol. The van der Waals surface area contributed by atoms with Gasteiger partial charge in [-0.1, -0.05) is 24.3 Å². The van der Waals surface area contributed by atoms with Gasteiger partial charge in [-0.15, -0.1) is 11.3 Å². The van der Waals surface area contributed by atoms with Crippen molar-refractivity contribution in [2.75, 3.05) is 25.0 Å². The maximum Gasteiger partial charge on any atom is 0.265 e. The standard InChI is InChI=1S/C19H17N3O4S2/c23-18-12-22(9-8-20-18)28(25,26)15-6-3-5-14(11-15)21-19(24)17-10-13-4-1-2-7-16(13)27-17/h1-7,10-11H,8-9,12H2,(H,20,23)(H,21,24). The van der Waals surface area contributed by atoms with Gasteiger partial charge in [0.2, 0.25) is 15.9 Å². The van der Waals surface area contributed by atoms with E-state index in [0.29, 0.717) is 10.6 Å². The number of fused-ring (bicyclic) bond motifs is 1. The van der Waals surface area contributed by atoms with Crippen molar-refractivity contribution in [1.29, 1.82) is 0 Å². The van der Waals surface area contributed by atoms with Gasteiger partial charge in [0.15, 0.2) is 0 Å². The highest BCUT2D eigenvalue weighted by atomic mass is 32.2. The fourth-order valence-electron chi connectivity index (χ4n) is 2.99. The summed E-state index contributed by atoms with van der Waals surface area (Å²) in [4.78, 5) is 24.7. The predicted octanol–water partition coefficient (Wildman–Crippen LogP) is 2.27. The molecule has 28 heavy (non-hydrogen) atoms. The molecule has 7 nitrogen and oxygen atoms in total. The molecule has 0 radical (unpaired) electrons. The number of sulfonamides is 1. The first-order valence-corrected chi connectivity index (χ1v) is 10.9. The van der Waals surface area contributed by atoms with Gasteiger partial charge in [0, 0.05) is 23.5 Å². The highest BCUT2D eigenvalue weighted by Gasteiger charge is 2.29. The Bertz CT molecular complexity index is 1140. The van der Waals surface area contributed by atoms with Crippen LogP contribution >= 0.6 is 11.3 Å². The molecule has 2 aromatic carbocycles. The summed E-state index contributed by atoms with van der Waals surface area (Å²) in [7, 11) is -3.81. The van der Waals surface area contributed by atoms with E-state index in [1.54, 1.807) is 12.1 Å². The minimum absolute atomic E-state index is 0.0383. The van der Waals surface area contributed by atoms with Gasteiger partial charge in [-0.3, -0.25) is 9.59 Å². The molecule has 2 amide bonds. The third-order valence-corrected chi connectivity index (χ3v) is 7.34. The summed E-state index contributed by atoms with van der Waals surface area (Å²) in [6.07, 6.45) is 0. The van der Waals surface area contributed by atoms with E-state index in [9.17, 15) is 18.0 Å². The van der Waals surface area contributed by atoms with Crippen LogP contribution in [0.1, 0.15) is 9.67 Å². The summed E-state index contributed by atoms with van der Waals surface area (Å²) in [5.74, 6) is -0.628. The molecule has 9 heteroatoms. The van der Waals surface area contributed by atoms with E-state index in [-0.39, 0.29) is 36.3 Å². The summed E-state index contributed by atoms with van der Waals surface area (Å²) in [6.45, 7) is 0.285. The summed E-state index contributed by atoms with van der Waals surface area (Å²) in [5, 5.41) is 6.34. The van der Waals surface area contributed by atoms with Gasteiger partial charge in [0.1, 0.15) is 0 Å². The molecule has 1 aliphatic heterocycles. The first kappa shape index (κ1) is 18.6. The Hall–Kier alpha value is -2.75. The number of amides is 2. The normalized spacial score (nSPS) is 15.4. The van der Waals surface area contributed by atoms with Crippen LogP contribution in [0.2, 0.25) is 0 Å². The molecule has 1 aliphatic rings. The zero-order chi connectivity index (χ0) is 19.7. The summed E-state index contributed by atoms with van der Waals surface area (Å²) in [5.41, 5.74) is 0.380. The lowest BCUT2D eigenvalue weighted by Gasteiger charge is -2.26. The molecule has 0 saturated carbocycles. The van der Waals surface area contributed by atoms with E-state index < -0.39 is 10.0 Å². The van der Waals surface area contributed by atoms with Gasteiger partial charge >= 0.3 is 0 Å². The molecule has 0 atom stereocenters. The SMILES string of the molecule is O=C1CN(S(=O)(=O)c2cccc(NC(=O)c3cc4ccccc4s3)c2)CCN1. The number of piperazine rings is 1. The third-order valence-electron chi connectivity index (χ3n) is 4.38. The van der Waals surface area contributed by atoms with Crippen molar-refractivity contribution < 1.29 is 18.0 Å². The number of anilines is 1. The molecule has 1 fully saturated rings. The lowest BCUT2D eigenvalue weighted by Crippen LogP contribution is -2.49. The molecule has 1 saturated heterocycles. The zero-order valence-corrected chi connectivity index (χ0v) is 16.3. The van der Waals surface area contributed by atoms with Crippen molar-refractivity contribution in [2.45, 2.75) is 4.90 Å². The van der Waals surface area contributed by atoms with Crippen LogP contribution in [0.4, 0.5) is 5.69 Å². The number of carbonyl (C=O) groups is 2. The van der Waals surface area contributed by atoms with E-state index in [1.807, 2.05) is 30.3 Å². The van der Waals surface area contributed by atoms with Crippen molar-refractivity contribution in [3.05, 3.63) is 59.5 Å². The van der Waals surface area contributed by atoms with Crippen LogP contribution in [0, 0.1) is 0 Å². The lowest BCUT2D eigenvalue weighted by atomic mass is 10.2. The Morgan fingerprint density at radius 2 is 1.93 bits per heavy atom. The van der Waals surface area contributed by atoms with E-state index >= 15 is 0 Å². The van der Waals surface area contributed by atoms with Crippen LogP contribution in [0.25, 0.3) is 10.1 Å². The fourth-order valence-corrected chi connectivity index (χ4v) is 5.39. The molecule has 3 aromatic rings. The Labute approximate surface area is 166 Å². The first-order chi connectivity index (χ1) is 13.4. The highest BCUT2D eigenvalue weighted by molar-refractivity contribution is 7.89. The molecular weight excluding hydrogens is 398 g/mol. The Morgan fingerprint density at radius 3 is 2.71 bits per heavy atom. The van der Waals surface area contributed by atoms with Crippen molar-refractivity contribution >= 4 is 48.9 Å². The molecule has 2 N–H and O–H groups in total. The zero-order valence-electron chi connectivity index (χ0n) is 14.7. The number of thiophene rings is 1. The average Bonchev–Trinajstić information content (AvgIpc) is 3.13. The molecule has 0 unspecified atom stereocenters. The van der Waals surface area contributed by atoms with Crippen molar-refractivity contribution in [3.63, 3.8) is 0 Å². The molecular formula is C19H17N3O4S2. The number of nitrogens with one attached hydrogen (secondary N) is 2. The highest BCUT2D eigenvalue weighted by Crippen LogP contribution is 2.26. The molecule has 2 heterocycles. The van der Waals surface area contributed by atoms with Crippen molar-refractivity contribution in [1.82, 2.24) is 9.62 Å². The Morgan fingerprint density at radius 1 is 1.11 bits per heavy atom. The largest absolute Gasteiger partial charge is 0.354 e. The smallest absolute Gasteiger partial charge is 0.265 e. The number of hydrogen-bond acceptors (Lipinski definition) is 5.